The van der Waals surface area contributed by atoms with Gasteiger partial charge in [-0.05, 0) is 12.1 Å². The largest absolute Gasteiger partial charge is 0.419 e. The van der Waals surface area contributed by atoms with Gasteiger partial charge in [0.1, 0.15) is 0 Å². The number of hydrogen-bond donors (Lipinski definition) is 0. The van der Waals surface area contributed by atoms with Gasteiger partial charge < -0.3 is 8.98 Å². The Kier molecular flexibility index (Phi) is 3.23. The maximum atomic E-state index is 5.78. The number of benzene rings is 1. The van der Waals surface area contributed by atoms with E-state index in [1.165, 1.54) is 5.69 Å². The summed E-state index contributed by atoms with van der Waals surface area (Å²) in [6.07, 6.45) is 2.89. The summed E-state index contributed by atoms with van der Waals surface area (Å²) in [6, 6.07) is 9.84. The summed E-state index contributed by atoms with van der Waals surface area (Å²) in [5, 5.41) is 8.30. The van der Waals surface area contributed by atoms with Gasteiger partial charge in [0.2, 0.25) is 11.8 Å². The number of imidazole rings is 1. The van der Waals surface area contributed by atoms with E-state index in [2.05, 4.69) is 24.6 Å². The van der Waals surface area contributed by atoms with E-state index in [1.807, 2.05) is 43.7 Å². The smallest absolute Gasteiger partial charge is 0.247 e. The fourth-order valence-electron chi connectivity index (χ4n) is 2.85. The fraction of sp³-hybridized carbons (Fsp3) is 0.312. The molecule has 112 valence electrons. The van der Waals surface area contributed by atoms with Gasteiger partial charge in [0.25, 0.3) is 0 Å². The van der Waals surface area contributed by atoms with Crippen molar-refractivity contribution in [1.29, 1.82) is 0 Å². The van der Waals surface area contributed by atoms with Crippen LogP contribution >= 0.6 is 0 Å². The first-order valence-corrected chi connectivity index (χ1v) is 7.39. The lowest BCUT2D eigenvalue weighted by molar-refractivity contribution is 0.217. The molecule has 0 atom stereocenters. The monoisotopic (exact) mass is 295 g/mol. The zero-order valence-electron chi connectivity index (χ0n) is 12.4. The highest BCUT2D eigenvalue weighted by molar-refractivity contribution is 5.51. The average Bonchev–Trinajstić information content (AvgIpc) is 3.16. The molecule has 6 heteroatoms. The molecule has 0 fully saturated rings. The molecular weight excluding hydrogens is 278 g/mol. The first-order chi connectivity index (χ1) is 10.8. The van der Waals surface area contributed by atoms with E-state index < -0.39 is 0 Å². The zero-order chi connectivity index (χ0) is 14.9. The van der Waals surface area contributed by atoms with Crippen molar-refractivity contribution in [2.45, 2.75) is 19.5 Å². The van der Waals surface area contributed by atoms with Crippen LogP contribution in [-0.2, 0) is 26.6 Å². The molecular formula is C16H17N5O. The van der Waals surface area contributed by atoms with E-state index >= 15 is 0 Å². The summed E-state index contributed by atoms with van der Waals surface area (Å²) in [5.74, 6) is 1.23. The van der Waals surface area contributed by atoms with Crippen LogP contribution < -0.4 is 0 Å². The minimum absolute atomic E-state index is 0.575. The normalized spacial score (nSPS) is 15.0. The van der Waals surface area contributed by atoms with Crippen molar-refractivity contribution in [3.63, 3.8) is 0 Å². The van der Waals surface area contributed by atoms with Crippen molar-refractivity contribution < 1.29 is 4.42 Å². The SMILES string of the molecule is Cn1cnc2c1CCN(Cc1nnc(-c3ccccc3)o1)C2. The molecule has 0 aliphatic carbocycles. The summed E-state index contributed by atoms with van der Waals surface area (Å²) in [4.78, 5) is 6.74. The van der Waals surface area contributed by atoms with E-state index in [-0.39, 0.29) is 0 Å². The Morgan fingerprint density at radius 1 is 1.18 bits per heavy atom. The summed E-state index contributed by atoms with van der Waals surface area (Å²) in [6.45, 7) is 2.48. The Morgan fingerprint density at radius 3 is 2.91 bits per heavy atom. The van der Waals surface area contributed by atoms with E-state index in [4.69, 9.17) is 4.42 Å². The molecule has 0 amide bonds. The molecule has 0 N–H and O–H groups in total. The third-order valence-corrected chi connectivity index (χ3v) is 4.03. The molecule has 6 nitrogen and oxygen atoms in total. The first-order valence-electron chi connectivity index (χ1n) is 7.39. The lowest BCUT2D eigenvalue weighted by Crippen LogP contribution is -2.30. The van der Waals surface area contributed by atoms with Crippen LogP contribution in [0.5, 0.6) is 0 Å². The number of hydrogen-bond acceptors (Lipinski definition) is 5. The summed E-state index contributed by atoms with van der Waals surface area (Å²) < 4.78 is 7.88. The second-order valence-corrected chi connectivity index (χ2v) is 5.58. The highest BCUT2D eigenvalue weighted by atomic mass is 16.4. The number of rotatable bonds is 3. The van der Waals surface area contributed by atoms with Crippen LogP contribution in [0.3, 0.4) is 0 Å². The van der Waals surface area contributed by atoms with Gasteiger partial charge in [-0.1, -0.05) is 18.2 Å². The standard InChI is InChI=1S/C16H17N5O/c1-20-11-17-13-9-21(8-7-14(13)20)10-15-18-19-16(22-15)12-5-3-2-4-6-12/h2-6,11H,7-10H2,1H3. The molecule has 0 radical (unpaired) electrons. The van der Waals surface area contributed by atoms with Gasteiger partial charge in [0.15, 0.2) is 0 Å². The average molecular weight is 295 g/mol. The maximum Gasteiger partial charge on any atom is 0.247 e. The van der Waals surface area contributed by atoms with Gasteiger partial charge in [0, 0.05) is 37.8 Å². The molecule has 0 saturated carbocycles. The quantitative estimate of drug-likeness (QED) is 0.740. The Labute approximate surface area is 128 Å². The van der Waals surface area contributed by atoms with Crippen molar-refractivity contribution in [3.05, 3.63) is 53.9 Å². The van der Waals surface area contributed by atoms with Gasteiger partial charge >= 0.3 is 0 Å². The maximum absolute atomic E-state index is 5.78. The van der Waals surface area contributed by atoms with Crippen molar-refractivity contribution in [3.8, 4) is 11.5 Å². The molecule has 0 saturated heterocycles. The predicted octanol–water partition coefficient (Wildman–Crippen LogP) is 2.03. The van der Waals surface area contributed by atoms with E-state index in [0.717, 1.165) is 30.8 Å². The topological polar surface area (TPSA) is 60.0 Å². The third-order valence-electron chi connectivity index (χ3n) is 4.03. The fourth-order valence-corrected chi connectivity index (χ4v) is 2.85. The van der Waals surface area contributed by atoms with E-state index in [1.54, 1.807) is 0 Å². The van der Waals surface area contributed by atoms with Crippen LogP contribution in [0.25, 0.3) is 11.5 Å². The highest BCUT2D eigenvalue weighted by Gasteiger charge is 2.21. The van der Waals surface area contributed by atoms with Gasteiger partial charge in [-0.15, -0.1) is 10.2 Å². The summed E-state index contributed by atoms with van der Waals surface area (Å²) >= 11 is 0. The Balaban J connectivity index is 1.48. The first kappa shape index (κ1) is 13.2. The van der Waals surface area contributed by atoms with Crippen LogP contribution in [0.4, 0.5) is 0 Å². The van der Waals surface area contributed by atoms with Gasteiger partial charge in [-0.2, -0.15) is 0 Å². The molecule has 0 bridgehead atoms. The lowest BCUT2D eigenvalue weighted by atomic mass is 10.1. The van der Waals surface area contributed by atoms with Crippen LogP contribution in [0.1, 0.15) is 17.3 Å². The molecule has 3 aromatic rings. The van der Waals surface area contributed by atoms with Crippen LogP contribution in [0.2, 0.25) is 0 Å². The zero-order valence-corrected chi connectivity index (χ0v) is 12.4. The second kappa shape index (κ2) is 5.38. The Morgan fingerprint density at radius 2 is 2.05 bits per heavy atom. The minimum atomic E-state index is 0.575. The number of aromatic nitrogens is 4. The second-order valence-electron chi connectivity index (χ2n) is 5.58. The Hall–Kier alpha value is -2.47. The summed E-state index contributed by atoms with van der Waals surface area (Å²) in [5.41, 5.74) is 3.43. The molecule has 1 aliphatic heterocycles. The molecule has 3 heterocycles. The van der Waals surface area contributed by atoms with Crippen molar-refractivity contribution >= 4 is 0 Å². The van der Waals surface area contributed by atoms with Crippen LogP contribution in [0.15, 0.2) is 41.1 Å². The number of aryl methyl sites for hydroxylation is 1. The molecule has 1 aromatic carbocycles. The van der Waals surface area contributed by atoms with Crippen molar-refractivity contribution in [1.82, 2.24) is 24.6 Å². The van der Waals surface area contributed by atoms with Gasteiger partial charge in [-0.3, -0.25) is 4.90 Å². The lowest BCUT2D eigenvalue weighted by Gasteiger charge is -2.25. The molecule has 2 aromatic heterocycles. The van der Waals surface area contributed by atoms with Crippen molar-refractivity contribution in [2.75, 3.05) is 6.54 Å². The molecule has 4 rings (SSSR count). The van der Waals surface area contributed by atoms with E-state index in [0.29, 0.717) is 18.3 Å². The van der Waals surface area contributed by atoms with Crippen LogP contribution in [-0.4, -0.2) is 31.2 Å². The molecule has 0 unspecified atom stereocenters. The van der Waals surface area contributed by atoms with E-state index in [9.17, 15) is 0 Å². The minimum Gasteiger partial charge on any atom is -0.419 e. The highest BCUT2D eigenvalue weighted by Crippen LogP contribution is 2.21. The summed E-state index contributed by atoms with van der Waals surface area (Å²) in [7, 11) is 2.05. The van der Waals surface area contributed by atoms with Crippen LogP contribution in [0, 0.1) is 0 Å². The number of nitrogens with zero attached hydrogens (tertiary/aromatic N) is 5. The molecule has 0 spiro atoms. The van der Waals surface area contributed by atoms with Gasteiger partial charge in [-0.25, -0.2) is 4.98 Å². The van der Waals surface area contributed by atoms with Gasteiger partial charge in [0.05, 0.1) is 18.6 Å². The third kappa shape index (κ3) is 2.42. The molecule has 22 heavy (non-hydrogen) atoms. The van der Waals surface area contributed by atoms with Crippen molar-refractivity contribution in [2.24, 2.45) is 7.05 Å². The number of fused-ring (bicyclic) bond motifs is 1. The predicted molar refractivity (Wildman–Crippen MR) is 80.8 cm³/mol. The Bertz CT molecular complexity index is 777. The molecule has 1 aliphatic rings.